The second-order valence-corrected chi connectivity index (χ2v) is 4.76. The summed E-state index contributed by atoms with van der Waals surface area (Å²) in [7, 11) is 0. The number of nitrogens with zero attached hydrogens (tertiary/aromatic N) is 2. The van der Waals surface area contributed by atoms with Crippen LogP contribution in [-0.4, -0.2) is 33.4 Å². The van der Waals surface area contributed by atoms with E-state index in [2.05, 4.69) is 21.0 Å². The molecule has 0 saturated heterocycles. The Morgan fingerprint density at radius 3 is 2.80 bits per heavy atom. The van der Waals surface area contributed by atoms with E-state index < -0.39 is 11.9 Å². The summed E-state index contributed by atoms with van der Waals surface area (Å²) in [6.07, 6.45) is 1.29. The molecule has 0 atom stereocenters. The van der Waals surface area contributed by atoms with Gasteiger partial charge in [0.15, 0.2) is 5.69 Å². The minimum atomic E-state index is -1.23. The van der Waals surface area contributed by atoms with Crippen LogP contribution in [0.4, 0.5) is 0 Å². The average molecular weight is 339 g/mol. The summed E-state index contributed by atoms with van der Waals surface area (Å²) in [6, 6.07) is 7.12. The molecule has 7 heteroatoms. The number of hydrogen-bond acceptors (Lipinski definition) is 4. The number of esters is 1. The van der Waals surface area contributed by atoms with Crippen molar-refractivity contribution in [3.8, 4) is 5.69 Å². The van der Waals surface area contributed by atoms with Crippen LogP contribution in [0, 0.1) is 0 Å². The SMILES string of the molecule is CCOC(=O)c1nn(-c2cccc(Br)c2)cc1C(=O)O. The summed E-state index contributed by atoms with van der Waals surface area (Å²) < 4.78 is 6.96. The highest BCUT2D eigenvalue weighted by Crippen LogP contribution is 2.17. The molecule has 0 fully saturated rings. The lowest BCUT2D eigenvalue weighted by molar-refractivity contribution is 0.0507. The molecule has 0 aliphatic rings. The average Bonchev–Trinajstić information content (AvgIpc) is 2.84. The fraction of sp³-hybridized carbons (Fsp3) is 0.154. The molecule has 0 aliphatic heterocycles. The third-order valence-corrected chi connectivity index (χ3v) is 2.98. The lowest BCUT2D eigenvalue weighted by Crippen LogP contribution is -2.11. The number of ether oxygens (including phenoxy) is 1. The van der Waals surface area contributed by atoms with Crippen LogP contribution in [0.5, 0.6) is 0 Å². The fourth-order valence-corrected chi connectivity index (χ4v) is 2.02. The van der Waals surface area contributed by atoms with E-state index in [1.165, 1.54) is 10.9 Å². The molecule has 2 aromatic rings. The van der Waals surface area contributed by atoms with Crippen molar-refractivity contribution in [2.75, 3.05) is 6.61 Å². The molecule has 2 rings (SSSR count). The van der Waals surface area contributed by atoms with E-state index in [-0.39, 0.29) is 17.9 Å². The summed E-state index contributed by atoms with van der Waals surface area (Å²) in [5.41, 5.74) is 0.236. The largest absolute Gasteiger partial charge is 0.478 e. The molecule has 0 amide bonds. The number of aromatic nitrogens is 2. The van der Waals surface area contributed by atoms with Gasteiger partial charge in [0.05, 0.1) is 12.3 Å². The van der Waals surface area contributed by atoms with E-state index in [0.29, 0.717) is 5.69 Å². The Bertz CT molecular complexity index is 666. The maximum atomic E-state index is 11.7. The van der Waals surface area contributed by atoms with Crippen LogP contribution < -0.4 is 0 Å². The molecule has 1 aromatic carbocycles. The molecule has 6 nitrogen and oxygen atoms in total. The maximum absolute atomic E-state index is 11.7. The zero-order valence-electron chi connectivity index (χ0n) is 10.5. The van der Waals surface area contributed by atoms with Crippen molar-refractivity contribution in [2.24, 2.45) is 0 Å². The number of halogens is 1. The summed E-state index contributed by atoms with van der Waals surface area (Å²) in [5.74, 6) is -1.98. The van der Waals surface area contributed by atoms with Crippen molar-refractivity contribution in [1.29, 1.82) is 0 Å². The van der Waals surface area contributed by atoms with E-state index in [0.717, 1.165) is 4.47 Å². The van der Waals surface area contributed by atoms with Crippen LogP contribution in [0.3, 0.4) is 0 Å². The van der Waals surface area contributed by atoms with Crippen LogP contribution in [0.25, 0.3) is 5.69 Å². The van der Waals surface area contributed by atoms with E-state index in [4.69, 9.17) is 9.84 Å². The molecule has 0 spiro atoms. The maximum Gasteiger partial charge on any atom is 0.359 e. The Kier molecular flexibility index (Phi) is 4.19. The highest BCUT2D eigenvalue weighted by molar-refractivity contribution is 9.10. The van der Waals surface area contributed by atoms with Gasteiger partial charge in [-0.2, -0.15) is 5.10 Å². The lowest BCUT2D eigenvalue weighted by atomic mass is 10.2. The highest BCUT2D eigenvalue weighted by Gasteiger charge is 2.23. The monoisotopic (exact) mass is 338 g/mol. The predicted molar refractivity (Wildman–Crippen MR) is 74.2 cm³/mol. The van der Waals surface area contributed by atoms with Crippen molar-refractivity contribution in [3.05, 3.63) is 46.2 Å². The molecule has 1 N–H and O–H groups in total. The van der Waals surface area contributed by atoms with Gasteiger partial charge in [0, 0.05) is 10.7 Å². The standard InChI is InChI=1S/C13H11BrN2O4/c1-2-20-13(19)11-10(12(17)18)7-16(15-11)9-5-3-4-8(14)6-9/h3-7H,2H2,1H3,(H,17,18). The molecule has 0 aliphatic carbocycles. The number of carboxylic acid groups (broad SMARTS) is 1. The van der Waals surface area contributed by atoms with Crippen molar-refractivity contribution in [1.82, 2.24) is 9.78 Å². The number of rotatable bonds is 4. The number of hydrogen-bond donors (Lipinski definition) is 1. The zero-order valence-corrected chi connectivity index (χ0v) is 12.1. The van der Waals surface area contributed by atoms with Gasteiger partial charge in [0.1, 0.15) is 5.56 Å². The minimum Gasteiger partial charge on any atom is -0.478 e. The van der Waals surface area contributed by atoms with Crippen molar-refractivity contribution >= 4 is 27.9 Å². The summed E-state index contributed by atoms with van der Waals surface area (Å²) >= 11 is 3.32. The Hall–Kier alpha value is -2.15. The van der Waals surface area contributed by atoms with Crippen LogP contribution in [0.15, 0.2) is 34.9 Å². The first-order valence-electron chi connectivity index (χ1n) is 5.79. The smallest absolute Gasteiger partial charge is 0.359 e. The highest BCUT2D eigenvalue weighted by atomic mass is 79.9. The lowest BCUT2D eigenvalue weighted by Gasteiger charge is -2.01. The molecule has 1 heterocycles. The quantitative estimate of drug-likeness (QED) is 0.866. The van der Waals surface area contributed by atoms with Crippen LogP contribution in [0.2, 0.25) is 0 Å². The minimum absolute atomic E-state index is 0.154. The Morgan fingerprint density at radius 1 is 1.45 bits per heavy atom. The molecule has 0 saturated carbocycles. The first-order valence-corrected chi connectivity index (χ1v) is 6.58. The summed E-state index contributed by atoms with van der Waals surface area (Å²) in [6.45, 7) is 1.80. The second kappa shape index (κ2) is 5.87. The molecule has 0 unspecified atom stereocenters. The van der Waals surface area contributed by atoms with Gasteiger partial charge in [0.25, 0.3) is 0 Å². The molecule has 20 heavy (non-hydrogen) atoms. The molecule has 0 radical (unpaired) electrons. The van der Waals surface area contributed by atoms with Gasteiger partial charge in [-0.05, 0) is 25.1 Å². The van der Waals surface area contributed by atoms with Crippen molar-refractivity contribution in [3.63, 3.8) is 0 Å². The molecule has 1 aromatic heterocycles. The number of carbonyl (C=O) groups excluding carboxylic acids is 1. The number of aromatic carboxylic acids is 1. The van der Waals surface area contributed by atoms with Gasteiger partial charge in [-0.3, -0.25) is 0 Å². The first kappa shape index (κ1) is 14.3. The van der Waals surface area contributed by atoms with E-state index in [1.807, 2.05) is 6.07 Å². The normalized spacial score (nSPS) is 10.3. The van der Waals surface area contributed by atoms with Gasteiger partial charge < -0.3 is 9.84 Å². The number of benzene rings is 1. The predicted octanol–water partition coefficient (Wildman–Crippen LogP) is 2.51. The topological polar surface area (TPSA) is 81.4 Å². The van der Waals surface area contributed by atoms with E-state index in [1.54, 1.807) is 25.1 Å². The van der Waals surface area contributed by atoms with Crippen LogP contribution in [0.1, 0.15) is 27.8 Å². The van der Waals surface area contributed by atoms with Gasteiger partial charge in [-0.25, -0.2) is 14.3 Å². The third kappa shape index (κ3) is 2.88. The van der Waals surface area contributed by atoms with Crippen LogP contribution in [-0.2, 0) is 4.74 Å². The van der Waals surface area contributed by atoms with Gasteiger partial charge in [-0.1, -0.05) is 22.0 Å². The van der Waals surface area contributed by atoms with Gasteiger partial charge >= 0.3 is 11.9 Å². The molecular weight excluding hydrogens is 328 g/mol. The zero-order chi connectivity index (χ0) is 14.7. The Morgan fingerprint density at radius 2 is 2.20 bits per heavy atom. The molecule has 0 bridgehead atoms. The first-order chi connectivity index (χ1) is 9.52. The fourth-order valence-electron chi connectivity index (χ4n) is 1.63. The summed E-state index contributed by atoms with van der Waals surface area (Å²) in [5, 5.41) is 13.1. The van der Waals surface area contributed by atoms with Crippen LogP contribution >= 0.6 is 15.9 Å². The second-order valence-electron chi connectivity index (χ2n) is 3.84. The van der Waals surface area contributed by atoms with Crippen molar-refractivity contribution in [2.45, 2.75) is 6.92 Å². The van der Waals surface area contributed by atoms with Gasteiger partial charge in [-0.15, -0.1) is 0 Å². The third-order valence-electron chi connectivity index (χ3n) is 2.49. The summed E-state index contributed by atoms with van der Waals surface area (Å²) in [4.78, 5) is 22.9. The van der Waals surface area contributed by atoms with E-state index in [9.17, 15) is 9.59 Å². The van der Waals surface area contributed by atoms with Gasteiger partial charge in [0.2, 0.25) is 0 Å². The molecular formula is C13H11BrN2O4. The molecule has 104 valence electrons. The number of carbonyl (C=O) groups is 2. The Labute approximate surface area is 123 Å². The van der Waals surface area contributed by atoms with E-state index >= 15 is 0 Å². The van der Waals surface area contributed by atoms with Crippen molar-refractivity contribution < 1.29 is 19.4 Å². The Balaban J connectivity index is 2.49. The number of carboxylic acids is 1.